The molecular weight excluding hydrogens is 260 g/mol. The molecule has 1 unspecified atom stereocenters. The number of aromatic nitrogens is 1. The van der Waals surface area contributed by atoms with Gasteiger partial charge in [-0.05, 0) is 30.2 Å². The van der Waals surface area contributed by atoms with E-state index in [4.69, 9.17) is 5.11 Å². The summed E-state index contributed by atoms with van der Waals surface area (Å²) in [6.45, 7) is 6.20. The molecule has 1 aromatic rings. The SMILES string of the molecule is CCSc1ccc(C(=O)NC(CCO)C(C)C)cn1. The van der Waals surface area contributed by atoms with Crippen molar-refractivity contribution in [3.63, 3.8) is 0 Å². The molecule has 1 heterocycles. The topological polar surface area (TPSA) is 62.2 Å². The number of pyridine rings is 1. The zero-order chi connectivity index (χ0) is 14.3. The first kappa shape index (κ1) is 16.0. The normalized spacial score (nSPS) is 12.5. The molecule has 1 atom stereocenters. The standard InChI is InChI=1S/C14H22N2O2S/c1-4-19-13-6-5-11(9-15-13)14(18)16-12(7-8-17)10(2)3/h5-6,9-10,12,17H,4,7-8H2,1-3H3,(H,16,18). The van der Waals surface area contributed by atoms with Crippen LogP contribution in [0.4, 0.5) is 0 Å². The van der Waals surface area contributed by atoms with Crippen LogP contribution in [0.15, 0.2) is 23.4 Å². The fraction of sp³-hybridized carbons (Fsp3) is 0.571. The van der Waals surface area contributed by atoms with Gasteiger partial charge >= 0.3 is 0 Å². The van der Waals surface area contributed by atoms with Crippen molar-refractivity contribution in [2.75, 3.05) is 12.4 Å². The van der Waals surface area contributed by atoms with Crippen molar-refractivity contribution in [3.8, 4) is 0 Å². The third kappa shape index (κ3) is 5.20. The minimum Gasteiger partial charge on any atom is -0.396 e. The van der Waals surface area contributed by atoms with E-state index in [1.165, 1.54) is 0 Å². The summed E-state index contributed by atoms with van der Waals surface area (Å²) in [6.07, 6.45) is 2.17. The number of aliphatic hydroxyl groups is 1. The first-order valence-corrected chi connectivity index (χ1v) is 7.57. The Labute approximate surface area is 119 Å². The Bertz CT molecular complexity index is 393. The molecule has 0 aliphatic carbocycles. The van der Waals surface area contributed by atoms with E-state index in [2.05, 4.69) is 17.2 Å². The van der Waals surface area contributed by atoms with Crippen LogP contribution in [0.25, 0.3) is 0 Å². The van der Waals surface area contributed by atoms with Crippen molar-refractivity contribution in [1.82, 2.24) is 10.3 Å². The van der Waals surface area contributed by atoms with Crippen LogP contribution < -0.4 is 5.32 Å². The van der Waals surface area contributed by atoms with Crippen LogP contribution in [0.2, 0.25) is 0 Å². The number of carbonyl (C=O) groups is 1. The number of hydrogen-bond acceptors (Lipinski definition) is 4. The number of nitrogens with one attached hydrogen (secondary N) is 1. The van der Waals surface area contributed by atoms with Crippen molar-refractivity contribution < 1.29 is 9.90 Å². The molecule has 4 nitrogen and oxygen atoms in total. The zero-order valence-electron chi connectivity index (χ0n) is 11.7. The van der Waals surface area contributed by atoms with Gasteiger partial charge in [-0.25, -0.2) is 4.98 Å². The highest BCUT2D eigenvalue weighted by atomic mass is 32.2. The van der Waals surface area contributed by atoms with Gasteiger partial charge in [-0.15, -0.1) is 11.8 Å². The molecule has 2 N–H and O–H groups in total. The van der Waals surface area contributed by atoms with E-state index in [0.717, 1.165) is 10.8 Å². The number of thioether (sulfide) groups is 1. The first-order chi connectivity index (χ1) is 9.08. The maximum absolute atomic E-state index is 12.1. The fourth-order valence-electron chi connectivity index (χ4n) is 1.71. The van der Waals surface area contributed by atoms with Gasteiger partial charge in [-0.2, -0.15) is 0 Å². The fourth-order valence-corrected chi connectivity index (χ4v) is 2.30. The van der Waals surface area contributed by atoms with Crippen LogP contribution in [-0.2, 0) is 0 Å². The Morgan fingerprint density at radius 3 is 2.68 bits per heavy atom. The van der Waals surface area contributed by atoms with Gasteiger partial charge in [0.25, 0.3) is 5.91 Å². The Kier molecular flexibility index (Phi) is 6.87. The maximum Gasteiger partial charge on any atom is 0.253 e. The lowest BCUT2D eigenvalue weighted by Crippen LogP contribution is -2.39. The van der Waals surface area contributed by atoms with Crippen molar-refractivity contribution in [1.29, 1.82) is 0 Å². The average Bonchev–Trinajstić information content (AvgIpc) is 2.39. The van der Waals surface area contributed by atoms with Gasteiger partial charge in [-0.3, -0.25) is 4.79 Å². The second-order valence-electron chi connectivity index (χ2n) is 4.65. The Hall–Kier alpha value is -1.07. The summed E-state index contributed by atoms with van der Waals surface area (Å²) < 4.78 is 0. The monoisotopic (exact) mass is 282 g/mol. The minimum absolute atomic E-state index is 0.0119. The summed E-state index contributed by atoms with van der Waals surface area (Å²) >= 11 is 1.65. The van der Waals surface area contributed by atoms with E-state index in [1.807, 2.05) is 19.9 Å². The molecule has 0 fully saturated rings. The summed E-state index contributed by atoms with van der Waals surface area (Å²) in [6, 6.07) is 3.64. The van der Waals surface area contributed by atoms with E-state index in [1.54, 1.807) is 24.0 Å². The summed E-state index contributed by atoms with van der Waals surface area (Å²) in [5.74, 6) is 1.12. The van der Waals surface area contributed by atoms with Gasteiger partial charge in [0.15, 0.2) is 0 Å². The molecule has 0 aliphatic rings. The number of rotatable bonds is 7. The lowest BCUT2D eigenvalue weighted by Gasteiger charge is -2.21. The highest BCUT2D eigenvalue weighted by molar-refractivity contribution is 7.99. The summed E-state index contributed by atoms with van der Waals surface area (Å²) in [5, 5.41) is 12.9. The molecule has 5 heteroatoms. The van der Waals surface area contributed by atoms with E-state index < -0.39 is 0 Å². The van der Waals surface area contributed by atoms with Crippen LogP contribution >= 0.6 is 11.8 Å². The van der Waals surface area contributed by atoms with Gasteiger partial charge in [0, 0.05) is 18.8 Å². The molecule has 1 amide bonds. The van der Waals surface area contributed by atoms with Gasteiger partial charge in [0.05, 0.1) is 10.6 Å². The molecule has 0 bridgehead atoms. The average molecular weight is 282 g/mol. The highest BCUT2D eigenvalue weighted by Gasteiger charge is 2.16. The lowest BCUT2D eigenvalue weighted by atomic mass is 10.0. The molecule has 0 saturated carbocycles. The van der Waals surface area contributed by atoms with Gasteiger partial charge < -0.3 is 10.4 Å². The maximum atomic E-state index is 12.1. The second-order valence-corrected chi connectivity index (χ2v) is 5.94. The second kappa shape index (κ2) is 8.17. The predicted octanol–water partition coefficient (Wildman–Crippen LogP) is 2.33. The Balaban J connectivity index is 2.66. The third-order valence-corrected chi connectivity index (χ3v) is 3.68. The third-order valence-electron chi connectivity index (χ3n) is 2.85. The summed E-state index contributed by atoms with van der Waals surface area (Å²) in [7, 11) is 0. The first-order valence-electron chi connectivity index (χ1n) is 6.59. The van der Waals surface area contributed by atoms with Crippen LogP contribution in [0.1, 0.15) is 37.6 Å². The molecule has 0 aliphatic heterocycles. The lowest BCUT2D eigenvalue weighted by molar-refractivity contribution is 0.0916. The smallest absolute Gasteiger partial charge is 0.253 e. The molecule has 0 radical (unpaired) electrons. The number of nitrogens with zero attached hydrogens (tertiary/aromatic N) is 1. The van der Waals surface area contributed by atoms with Crippen LogP contribution in [0.5, 0.6) is 0 Å². The van der Waals surface area contributed by atoms with Crippen LogP contribution in [-0.4, -0.2) is 34.4 Å². The Morgan fingerprint density at radius 2 is 2.21 bits per heavy atom. The minimum atomic E-state index is -0.132. The van der Waals surface area contributed by atoms with Crippen LogP contribution in [0, 0.1) is 5.92 Å². The van der Waals surface area contributed by atoms with Gasteiger partial charge in [0.1, 0.15) is 0 Å². The number of aliphatic hydroxyl groups excluding tert-OH is 1. The van der Waals surface area contributed by atoms with E-state index >= 15 is 0 Å². The van der Waals surface area contributed by atoms with Gasteiger partial charge in [-0.1, -0.05) is 20.8 Å². The van der Waals surface area contributed by atoms with Crippen molar-refractivity contribution >= 4 is 17.7 Å². The number of hydrogen-bond donors (Lipinski definition) is 2. The van der Waals surface area contributed by atoms with E-state index in [-0.39, 0.29) is 18.6 Å². The number of carbonyl (C=O) groups excluding carboxylic acids is 1. The Morgan fingerprint density at radius 1 is 1.47 bits per heavy atom. The quantitative estimate of drug-likeness (QED) is 0.754. The molecule has 1 aromatic heterocycles. The molecule has 19 heavy (non-hydrogen) atoms. The zero-order valence-corrected chi connectivity index (χ0v) is 12.5. The molecule has 106 valence electrons. The summed E-state index contributed by atoms with van der Waals surface area (Å²) in [5.41, 5.74) is 0.559. The number of amides is 1. The van der Waals surface area contributed by atoms with E-state index in [0.29, 0.717) is 17.9 Å². The van der Waals surface area contributed by atoms with E-state index in [9.17, 15) is 4.79 Å². The van der Waals surface area contributed by atoms with Crippen molar-refractivity contribution in [2.45, 2.75) is 38.3 Å². The molecule has 1 rings (SSSR count). The largest absolute Gasteiger partial charge is 0.396 e. The van der Waals surface area contributed by atoms with Crippen molar-refractivity contribution in [3.05, 3.63) is 23.9 Å². The molecule has 0 spiro atoms. The molecule has 0 saturated heterocycles. The summed E-state index contributed by atoms with van der Waals surface area (Å²) in [4.78, 5) is 16.3. The van der Waals surface area contributed by atoms with Crippen molar-refractivity contribution in [2.24, 2.45) is 5.92 Å². The van der Waals surface area contributed by atoms with Crippen LogP contribution in [0.3, 0.4) is 0 Å². The molecular formula is C14H22N2O2S. The highest BCUT2D eigenvalue weighted by Crippen LogP contribution is 2.14. The predicted molar refractivity (Wildman–Crippen MR) is 78.4 cm³/mol. The van der Waals surface area contributed by atoms with Gasteiger partial charge in [0.2, 0.25) is 0 Å². The molecule has 0 aromatic carbocycles.